The zero-order valence-corrected chi connectivity index (χ0v) is 22.1. The van der Waals surface area contributed by atoms with E-state index in [1.54, 1.807) is 20.2 Å². The van der Waals surface area contributed by atoms with Crippen LogP contribution in [0.2, 0.25) is 0 Å². The van der Waals surface area contributed by atoms with E-state index in [0.29, 0.717) is 18.8 Å². The van der Waals surface area contributed by atoms with E-state index in [1.165, 1.54) is 24.7 Å². The standard InChI is InChI=1S/C24H35N5O3.HI/c1-18-10-15-32-22(18)23(30)26-11-7-12-27-24(25-2)28-17-21(29-13-4-5-14-29)19-8-6-9-20(16-19)31-3;/h6,8-10,15-16,21H,4-5,7,11-14,17H2,1-3H3,(H,26,30)(H2,25,27,28);1H. The lowest BCUT2D eigenvalue weighted by molar-refractivity contribution is 0.0925. The van der Waals surface area contributed by atoms with Gasteiger partial charge >= 0.3 is 0 Å². The topological polar surface area (TPSA) is 91.1 Å². The molecule has 8 nitrogen and oxygen atoms in total. The van der Waals surface area contributed by atoms with Crippen LogP contribution in [0.5, 0.6) is 5.75 Å². The summed E-state index contributed by atoms with van der Waals surface area (Å²) in [7, 11) is 3.47. The lowest BCUT2D eigenvalue weighted by Gasteiger charge is -2.29. The SMILES string of the molecule is CN=C(NCCCNC(=O)c1occc1C)NCC(c1cccc(OC)c1)N1CCCC1.I. The molecule has 1 atom stereocenters. The van der Waals surface area contributed by atoms with Crippen molar-refractivity contribution in [2.75, 3.05) is 46.9 Å². The van der Waals surface area contributed by atoms with Gasteiger partial charge in [-0.2, -0.15) is 0 Å². The van der Waals surface area contributed by atoms with Crippen LogP contribution in [0, 0.1) is 6.92 Å². The second-order valence-electron chi connectivity index (χ2n) is 7.96. The number of nitrogens with one attached hydrogen (secondary N) is 3. The molecule has 1 aromatic carbocycles. The van der Waals surface area contributed by atoms with Gasteiger partial charge in [0.2, 0.25) is 0 Å². The van der Waals surface area contributed by atoms with Gasteiger partial charge in [0.25, 0.3) is 5.91 Å². The summed E-state index contributed by atoms with van der Waals surface area (Å²) < 4.78 is 10.6. The molecule has 1 unspecified atom stereocenters. The Morgan fingerprint density at radius 1 is 1.18 bits per heavy atom. The highest BCUT2D eigenvalue weighted by Gasteiger charge is 2.24. The van der Waals surface area contributed by atoms with E-state index < -0.39 is 0 Å². The van der Waals surface area contributed by atoms with Crippen molar-refractivity contribution in [1.29, 1.82) is 0 Å². The van der Waals surface area contributed by atoms with E-state index in [1.807, 2.05) is 19.1 Å². The number of hydrogen-bond acceptors (Lipinski definition) is 5. The van der Waals surface area contributed by atoms with Gasteiger partial charge in [-0.3, -0.25) is 14.7 Å². The molecule has 0 spiro atoms. The Bertz CT molecular complexity index is 896. The minimum atomic E-state index is -0.179. The van der Waals surface area contributed by atoms with E-state index in [9.17, 15) is 4.79 Å². The zero-order valence-electron chi connectivity index (χ0n) is 19.7. The number of ether oxygens (including phenoxy) is 1. The van der Waals surface area contributed by atoms with Crippen molar-refractivity contribution < 1.29 is 13.9 Å². The summed E-state index contributed by atoms with van der Waals surface area (Å²) in [6, 6.07) is 10.3. The Kier molecular flexibility index (Phi) is 11.5. The van der Waals surface area contributed by atoms with Gasteiger partial charge in [-0.1, -0.05) is 12.1 Å². The van der Waals surface area contributed by atoms with E-state index in [4.69, 9.17) is 9.15 Å². The number of aliphatic imine (C=N–C) groups is 1. The summed E-state index contributed by atoms with van der Waals surface area (Å²) in [4.78, 5) is 19.0. The molecule has 1 amide bonds. The number of rotatable bonds is 10. The van der Waals surface area contributed by atoms with Gasteiger partial charge in [0.05, 0.1) is 19.4 Å². The lowest BCUT2D eigenvalue weighted by Crippen LogP contribution is -2.43. The third-order valence-corrected chi connectivity index (χ3v) is 5.75. The zero-order chi connectivity index (χ0) is 22.8. The third-order valence-electron chi connectivity index (χ3n) is 5.75. The summed E-state index contributed by atoms with van der Waals surface area (Å²) in [5.74, 6) is 1.83. The maximum absolute atomic E-state index is 12.1. The lowest BCUT2D eigenvalue weighted by atomic mass is 10.1. The van der Waals surface area contributed by atoms with Crippen molar-refractivity contribution in [3.05, 3.63) is 53.5 Å². The number of methoxy groups -OCH3 is 1. The molecule has 2 aromatic rings. The molecule has 182 valence electrons. The molecule has 1 aromatic heterocycles. The van der Waals surface area contributed by atoms with Crippen LogP contribution in [0.15, 0.2) is 46.0 Å². The fraction of sp³-hybridized carbons (Fsp3) is 0.500. The molecular formula is C24H36IN5O3. The molecule has 0 aliphatic carbocycles. The average Bonchev–Trinajstić information content (AvgIpc) is 3.49. The highest BCUT2D eigenvalue weighted by Crippen LogP contribution is 2.27. The first kappa shape index (κ1) is 27.0. The van der Waals surface area contributed by atoms with Crippen LogP contribution in [0.1, 0.15) is 47.0 Å². The number of likely N-dealkylation sites (tertiary alicyclic amines) is 1. The van der Waals surface area contributed by atoms with E-state index in [-0.39, 0.29) is 35.9 Å². The largest absolute Gasteiger partial charge is 0.497 e. The Hall–Kier alpha value is -2.27. The molecule has 1 fully saturated rings. The van der Waals surface area contributed by atoms with Crippen LogP contribution in [0.4, 0.5) is 0 Å². The van der Waals surface area contributed by atoms with E-state index >= 15 is 0 Å². The summed E-state index contributed by atoms with van der Waals surface area (Å²) in [6.07, 6.45) is 4.77. The minimum absolute atomic E-state index is 0. The quantitative estimate of drug-likeness (QED) is 0.176. The van der Waals surface area contributed by atoms with Gasteiger partial charge in [-0.25, -0.2) is 0 Å². The van der Waals surface area contributed by atoms with Gasteiger partial charge in [-0.05, 0) is 63.0 Å². The summed E-state index contributed by atoms with van der Waals surface area (Å²) >= 11 is 0. The number of benzene rings is 1. The second kappa shape index (κ2) is 14.1. The van der Waals surface area contributed by atoms with Gasteiger partial charge in [0.1, 0.15) is 5.75 Å². The molecule has 3 rings (SSSR count). The van der Waals surface area contributed by atoms with Crippen molar-refractivity contribution in [2.24, 2.45) is 4.99 Å². The van der Waals surface area contributed by atoms with Gasteiger partial charge in [0.15, 0.2) is 11.7 Å². The first-order valence-electron chi connectivity index (χ1n) is 11.3. The number of guanidine groups is 1. The summed E-state index contributed by atoms with van der Waals surface area (Å²) in [6.45, 7) is 6.07. The number of carbonyl (C=O) groups is 1. The molecule has 0 saturated carbocycles. The number of nitrogens with zero attached hydrogens (tertiary/aromatic N) is 2. The normalized spacial score (nSPS) is 14.9. The molecule has 0 radical (unpaired) electrons. The van der Waals surface area contributed by atoms with Crippen LogP contribution >= 0.6 is 24.0 Å². The van der Waals surface area contributed by atoms with Crippen molar-refractivity contribution in [2.45, 2.75) is 32.2 Å². The number of halogens is 1. The number of carbonyl (C=O) groups excluding carboxylic acids is 1. The Morgan fingerprint density at radius 2 is 1.94 bits per heavy atom. The number of furan rings is 1. The molecule has 33 heavy (non-hydrogen) atoms. The third kappa shape index (κ3) is 7.92. The maximum atomic E-state index is 12.1. The Balaban J connectivity index is 0.00000385. The van der Waals surface area contributed by atoms with Crippen LogP contribution < -0.4 is 20.7 Å². The predicted molar refractivity (Wildman–Crippen MR) is 142 cm³/mol. The minimum Gasteiger partial charge on any atom is -0.497 e. The average molecular weight is 569 g/mol. The molecule has 1 saturated heterocycles. The van der Waals surface area contributed by atoms with Crippen LogP contribution in [-0.4, -0.2) is 63.6 Å². The molecule has 0 bridgehead atoms. The van der Waals surface area contributed by atoms with Crippen LogP contribution in [0.3, 0.4) is 0 Å². The van der Waals surface area contributed by atoms with Gasteiger partial charge in [-0.15, -0.1) is 24.0 Å². The first-order valence-corrected chi connectivity index (χ1v) is 11.3. The Labute approximate surface area is 213 Å². The highest BCUT2D eigenvalue weighted by molar-refractivity contribution is 14.0. The van der Waals surface area contributed by atoms with Crippen molar-refractivity contribution in [1.82, 2.24) is 20.9 Å². The molecule has 3 N–H and O–H groups in total. The van der Waals surface area contributed by atoms with E-state index in [2.05, 4.69) is 38.0 Å². The van der Waals surface area contributed by atoms with Crippen molar-refractivity contribution in [3.63, 3.8) is 0 Å². The number of amides is 1. The Morgan fingerprint density at radius 3 is 2.61 bits per heavy atom. The second-order valence-corrected chi connectivity index (χ2v) is 7.96. The van der Waals surface area contributed by atoms with Gasteiger partial charge in [0, 0.05) is 32.2 Å². The van der Waals surface area contributed by atoms with Crippen LogP contribution in [0.25, 0.3) is 0 Å². The maximum Gasteiger partial charge on any atom is 0.287 e. The number of hydrogen-bond donors (Lipinski definition) is 3. The monoisotopic (exact) mass is 569 g/mol. The van der Waals surface area contributed by atoms with Crippen molar-refractivity contribution >= 4 is 35.8 Å². The number of aryl methyl sites for hydroxylation is 1. The summed E-state index contributed by atoms with van der Waals surface area (Å²) in [5, 5.41) is 9.68. The van der Waals surface area contributed by atoms with E-state index in [0.717, 1.165) is 43.3 Å². The fourth-order valence-electron chi connectivity index (χ4n) is 3.96. The molecule has 9 heteroatoms. The molecule has 2 heterocycles. The summed E-state index contributed by atoms with van der Waals surface area (Å²) in [5.41, 5.74) is 2.08. The van der Waals surface area contributed by atoms with Gasteiger partial charge < -0.3 is 25.1 Å². The molecular weight excluding hydrogens is 533 g/mol. The molecule has 1 aliphatic heterocycles. The van der Waals surface area contributed by atoms with Crippen LogP contribution in [-0.2, 0) is 0 Å². The highest BCUT2D eigenvalue weighted by atomic mass is 127. The fourth-order valence-corrected chi connectivity index (χ4v) is 3.96. The predicted octanol–water partition coefficient (Wildman–Crippen LogP) is 3.34. The molecule has 1 aliphatic rings. The van der Waals surface area contributed by atoms with Crippen molar-refractivity contribution in [3.8, 4) is 5.75 Å². The smallest absolute Gasteiger partial charge is 0.287 e. The first-order chi connectivity index (χ1) is 15.6.